The van der Waals surface area contributed by atoms with E-state index >= 15 is 0 Å². The maximum absolute atomic E-state index is 12.2. The fourth-order valence-electron chi connectivity index (χ4n) is 2.42. The van der Waals surface area contributed by atoms with Gasteiger partial charge >= 0.3 is 0 Å². The van der Waals surface area contributed by atoms with Gasteiger partial charge in [0.15, 0.2) is 0 Å². The molecule has 20 heavy (non-hydrogen) atoms. The largest absolute Gasteiger partial charge is 0.312 e. The molecule has 0 aliphatic carbocycles. The molecule has 0 spiro atoms. The molecule has 0 fully saturated rings. The first-order valence-corrected chi connectivity index (χ1v) is 7.34. The quantitative estimate of drug-likeness (QED) is 0.527. The minimum absolute atomic E-state index is 0.0836. The molecule has 5 nitrogen and oxygen atoms in total. The van der Waals surface area contributed by atoms with Crippen molar-refractivity contribution in [2.45, 2.75) is 26.2 Å². The zero-order valence-corrected chi connectivity index (χ0v) is 12.3. The van der Waals surface area contributed by atoms with E-state index in [2.05, 4.69) is 12.6 Å². The van der Waals surface area contributed by atoms with E-state index in [0.717, 1.165) is 17.7 Å². The smallest absolute Gasteiger partial charge is 0.269 e. The van der Waals surface area contributed by atoms with Crippen molar-refractivity contribution in [2.75, 3.05) is 17.2 Å². The van der Waals surface area contributed by atoms with Crippen LogP contribution in [-0.4, -0.2) is 23.1 Å². The molecular weight excluding hydrogens is 276 g/mol. The van der Waals surface area contributed by atoms with Gasteiger partial charge in [-0.05, 0) is 36.1 Å². The van der Waals surface area contributed by atoms with Gasteiger partial charge in [0.2, 0.25) is 5.91 Å². The zero-order chi connectivity index (χ0) is 14.7. The Labute approximate surface area is 123 Å². The van der Waals surface area contributed by atoms with E-state index in [9.17, 15) is 14.9 Å². The number of non-ortho nitro benzene ring substituents is 1. The molecular formula is C14H18N2O3S. The SMILES string of the molecule is CC(CS)CN1C(=O)CCCc2cc([N+](=O)[O-])ccc21. The number of thiol groups is 1. The first-order valence-electron chi connectivity index (χ1n) is 6.71. The molecule has 6 heteroatoms. The second kappa shape index (κ2) is 6.26. The molecule has 1 unspecified atom stereocenters. The highest BCUT2D eigenvalue weighted by Crippen LogP contribution is 2.31. The number of hydrogen-bond donors (Lipinski definition) is 1. The molecule has 1 atom stereocenters. The van der Waals surface area contributed by atoms with Gasteiger partial charge in [0, 0.05) is 30.8 Å². The van der Waals surface area contributed by atoms with Crippen LogP contribution in [0.4, 0.5) is 11.4 Å². The zero-order valence-electron chi connectivity index (χ0n) is 11.4. The molecule has 1 aliphatic heterocycles. The Balaban J connectivity index is 2.38. The molecule has 1 aromatic rings. The van der Waals surface area contributed by atoms with Crippen molar-refractivity contribution in [3.05, 3.63) is 33.9 Å². The number of carbonyl (C=O) groups is 1. The van der Waals surface area contributed by atoms with Crippen LogP contribution in [0.25, 0.3) is 0 Å². The molecule has 1 aliphatic rings. The van der Waals surface area contributed by atoms with Gasteiger partial charge in [-0.25, -0.2) is 0 Å². The summed E-state index contributed by atoms with van der Waals surface area (Å²) in [5, 5.41) is 10.9. The van der Waals surface area contributed by atoms with Crippen molar-refractivity contribution < 1.29 is 9.72 Å². The third kappa shape index (κ3) is 3.12. The maximum Gasteiger partial charge on any atom is 0.269 e. The van der Waals surface area contributed by atoms with Gasteiger partial charge in [0.1, 0.15) is 0 Å². The Hall–Kier alpha value is -1.56. The molecule has 0 N–H and O–H groups in total. The fraction of sp³-hybridized carbons (Fsp3) is 0.500. The van der Waals surface area contributed by atoms with Crippen LogP contribution in [0.3, 0.4) is 0 Å². The van der Waals surface area contributed by atoms with Crippen LogP contribution in [0.2, 0.25) is 0 Å². The number of carbonyl (C=O) groups excluding carboxylic acids is 1. The summed E-state index contributed by atoms with van der Waals surface area (Å²) in [6, 6.07) is 4.75. The molecule has 2 rings (SSSR count). The Kier molecular flexibility index (Phi) is 4.65. The summed E-state index contributed by atoms with van der Waals surface area (Å²) in [6.07, 6.45) is 1.93. The number of hydrogen-bond acceptors (Lipinski definition) is 4. The van der Waals surface area contributed by atoms with Gasteiger partial charge in [-0.15, -0.1) is 0 Å². The number of aryl methyl sites for hydroxylation is 1. The van der Waals surface area contributed by atoms with Crippen LogP contribution < -0.4 is 4.90 Å². The van der Waals surface area contributed by atoms with E-state index in [4.69, 9.17) is 0 Å². The number of amides is 1. The highest BCUT2D eigenvalue weighted by Gasteiger charge is 2.24. The molecule has 0 saturated carbocycles. The summed E-state index contributed by atoms with van der Waals surface area (Å²) in [5.74, 6) is 1.07. The first kappa shape index (κ1) is 14.8. The Morgan fingerprint density at radius 1 is 1.45 bits per heavy atom. The Morgan fingerprint density at radius 3 is 2.85 bits per heavy atom. The summed E-state index contributed by atoms with van der Waals surface area (Å²) >= 11 is 4.26. The monoisotopic (exact) mass is 294 g/mol. The highest BCUT2D eigenvalue weighted by molar-refractivity contribution is 7.80. The predicted molar refractivity (Wildman–Crippen MR) is 81.4 cm³/mol. The minimum atomic E-state index is -0.395. The second-order valence-corrected chi connectivity index (χ2v) is 5.58. The molecule has 1 heterocycles. The fourth-order valence-corrected chi connectivity index (χ4v) is 2.53. The molecule has 0 bridgehead atoms. The lowest BCUT2D eigenvalue weighted by Crippen LogP contribution is -2.34. The first-order chi connectivity index (χ1) is 9.52. The van der Waals surface area contributed by atoms with E-state index in [1.807, 2.05) is 6.92 Å². The van der Waals surface area contributed by atoms with Crippen molar-refractivity contribution in [3.63, 3.8) is 0 Å². The maximum atomic E-state index is 12.2. The summed E-state index contributed by atoms with van der Waals surface area (Å²) in [7, 11) is 0. The van der Waals surface area contributed by atoms with E-state index in [0.29, 0.717) is 25.1 Å². The summed E-state index contributed by atoms with van der Waals surface area (Å²) in [4.78, 5) is 24.4. The van der Waals surface area contributed by atoms with Crippen LogP contribution in [0.15, 0.2) is 18.2 Å². The van der Waals surface area contributed by atoms with Crippen LogP contribution in [-0.2, 0) is 11.2 Å². The lowest BCUT2D eigenvalue weighted by atomic mass is 10.1. The molecule has 0 radical (unpaired) electrons. The third-order valence-electron chi connectivity index (χ3n) is 3.51. The topological polar surface area (TPSA) is 63.5 Å². The van der Waals surface area contributed by atoms with Crippen LogP contribution >= 0.6 is 12.6 Å². The average molecular weight is 294 g/mol. The van der Waals surface area contributed by atoms with E-state index < -0.39 is 4.92 Å². The Morgan fingerprint density at radius 2 is 2.20 bits per heavy atom. The number of rotatable bonds is 4. The van der Waals surface area contributed by atoms with E-state index in [1.165, 1.54) is 6.07 Å². The number of benzene rings is 1. The number of nitro groups is 1. The van der Waals surface area contributed by atoms with Crippen LogP contribution in [0, 0.1) is 16.0 Å². The molecule has 1 amide bonds. The lowest BCUT2D eigenvalue weighted by molar-refractivity contribution is -0.384. The summed E-state index contributed by atoms with van der Waals surface area (Å²) in [5.41, 5.74) is 1.78. The van der Waals surface area contributed by atoms with Crippen LogP contribution in [0.5, 0.6) is 0 Å². The van der Waals surface area contributed by atoms with E-state index in [1.54, 1.807) is 17.0 Å². The number of nitrogens with zero attached hydrogens (tertiary/aromatic N) is 2. The van der Waals surface area contributed by atoms with Gasteiger partial charge in [0.25, 0.3) is 5.69 Å². The normalized spacial score (nSPS) is 16.5. The molecule has 1 aromatic carbocycles. The highest BCUT2D eigenvalue weighted by atomic mass is 32.1. The Bertz CT molecular complexity index is 533. The average Bonchev–Trinajstić information content (AvgIpc) is 2.58. The standard InChI is InChI=1S/C14H18N2O3S/c1-10(9-20)8-15-13-6-5-12(16(18)19)7-11(13)3-2-4-14(15)17/h5-7,10,20H,2-4,8-9H2,1H3. The van der Waals surface area contributed by atoms with Crippen molar-refractivity contribution in [2.24, 2.45) is 5.92 Å². The van der Waals surface area contributed by atoms with Gasteiger partial charge in [0.05, 0.1) is 4.92 Å². The van der Waals surface area contributed by atoms with Gasteiger partial charge in [-0.1, -0.05) is 6.92 Å². The molecule has 108 valence electrons. The summed E-state index contributed by atoms with van der Waals surface area (Å²) in [6.45, 7) is 2.64. The number of nitro benzene ring substituents is 1. The second-order valence-electron chi connectivity index (χ2n) is 5.22. The predicted octanol–water partition coefficient (Wildman–Crippen LogP) is 2.83. The molecule has 0 aromatic heterocycles. The van der Waals surface area contributed by atoms with Crippen molar-refractivity contribution in [3.8, 4) is 0 Å². The minimum Gasteiger partial charge on any atom is -0.312 e. The number of anilines is 1. The lowest BCUT2D eigenvalue weighted by Gasteiger charge is -2.25. The summed E-state index contributed by atoms with van der Waals surface area (Å²) < 4.78 is 0. The number of fused-ring (bicyclic) bond motifs is 1. The van der Waals surface area contributed by atoms with Crippen molar-refractivity contribution >= 4 is 29.9 Å². The molecule has 0 saturated heterocycles. The van der Waals surface area contributed by atoms with Gasteiger partial charge in [-0.3, -0.25) is 14.9 Å². The third-order valence-corrected chi connectivity index (χ3v) is 4.13. The van der Waals surface area contributed by atoms with Gasteiger partial charge < -0.3 is 4.90 Å². The van der Waals surface area contributed by atoms with E-state index in [-0.39, 0.29) is 17.5 Å². The van der Waals surface area contributed by atoms with Gasteiger partial charge in [-0.2, -0.15) is 12.6 Å². The van der Waals surface area contributed by atoms with Crippen molar-refractivity contribution in [1.29, 1.82) is 0 Å². The van der Waals surface area contributed by atoms with Crippen LogP contribution in [0.1, 0.15) is 25.3 Å². The van der Waals surface area contributed by atoms with Crippen molar-refractivity contribution in [1.82, 2.24) is 0 Å².